The van der Waals surface area contributed by atoms with Crippen LogP contribution >= 0.6 is 27.3 Å². The Hall–Kier alpha value is -2.52. The van der Waals surface area contributed by atoms with E-state index in [0.29, 0.717) is 23.4 Å². The van der Waals surface area contributed by atoms with E-state index >= 15 is 0 Å². The van der Waals surface area contributed by atoms with E-state index in [9.17, 15) is 19.2 Å². The highest BCUT2D eigenvalue weighted by Crippen LogP contribution is 2.60. The summed E-state index contributed by atoms with van der Waals surface area (Å²) in [7, 11) is 1.31. The Morgan fingerprint density at radius 3 is 2.50 bits per heavy atom. The lowest BCUT2D eigenvalue weighted by atomic mass is 9.62. The van der Waals surface area contributed by atoms with Gasteiger partial charge in [0.15, 0.2) is 0 Å². The molecule has 2 unspecified atom stereocenters. The summed E-state index contributed by atoms with van der Waals surface area (Å²) in [5.74, 6) is -1.23. The Morgan fingerprint density at radius 2 is 1.86 bits per heavy atom. The third kappa shape index (κ3) is 4.30. The number of likely N-dealkylation sites (tertiary alicyclic amines) is 1. The monoisotopic (exact) mass is 574 g/mol. The number of hydrogen-bond donors (Lipinski definition) is 1. The fraction of sp³-hybridized carbons (Fsp3) is 0.481. The summed E-state index contributed by atoms with van der Waals surface area (Å²) in [5.41, 5.74) is 0.986. The quantitative estimate of drug-likeness (QED) is 0.333. The molecule has 1 aliphatic heterocycles. The number of aryl methyl sites for hydroxylation is 1. The first-order chi connectivity index (χ1) is 16.9. The molecule has 1 aromatic heterocycles. The van der Waals surface area contributed by atoms with Crippen molar-refractivity contribution in [2.24, 2.45) is 16.7 Å². The normalized spacial score (nSPS) is 22.6. The number of nitrogens with zero attached hydrogens (tertiary/aromatic N) is 1. The first-order valence-corrected chi connectivity index (χ1v) is 13.7. The molecule has 3 amide bonds. The summed E-state index contributed by atoms with van der Waals surface area (Å²) in [6.07, 6.45) is 1.90. The number of nitrogens with one attached hydrogen (secondary N) is 1. The zero-order chi connectivity index (χ0) is 26.4. The Balaban J connectivity index is 1.46. The second kappa shape index (κ2) is 9.74. The molecule has 1 aromatic carbocycles. The lowest BCUT2D eigenvalue weighted by Crippen LogP contribution is -2.59. The molecule has 2 fully saturated rings. The van der Waals surface area contributed by atoms with Gasteiger partial charge >= 0.3 is 5.97 Å². The standard InChI is InChI=1S/C27H31BrN2O5S/c1-15-20(16-8-10-17(28)11-9-16)21(24(33)35-5)22(36-15)29-19(31)7-6-14-30-23(32)18-12-13-27(4,25(30)34)26(18,2)3/h8-11,18H,6-7,12-14H2,1-5H3,(H,29,31). The number of piperidine rings is 1. The van der Waals surface area contributed by atoms with Crippen LogP contribution < -0.4 is 5.32 Å². The maximum absolute atomic E-state index is 13.2. The molecule has 1 aliphatic carbocycles. The van der Waals surface area contributed by atoms with Gasteiger partial charge in [-0.2, -0.15) is 0 Å². The fourth-order valence-electron chi connectivity index (χ4n) is 5.59. The van der Waals surface area contributed by atoms with Crippen molar-refractivity contribution in [3.05, 3.63) is 39.2 Å². The van der Waals surface area contributed by atoms with Crippen LogP contribution in [0.4, 0.5) is 5.00 Å². The van der Waals surface area contributed by atoms with E-state index in [1.807, 2.05) is 52.0 Å². The van der Waals surface area contributed by atoms with Crippen LogP contribution in [0.5, 0.6) is 0 Å². The molecule has 7 nitrogen and oxygen atoms in total. The SMILES string of the molecule is COC(=O)c1c(NC(=O)CCCN2C(=O)C3CCC(C)(C2=O)C3(C)C)sc(C)c1-c1ccc(Br)cc1. The summed E-state index contributed by atoms with van der Waals surface area (Å²) >= 11 is 4.74. The van der Waals surface area contributed by atoms with Gasteiger partial charge in [0.25, 0.3) is 0 Å². The first-order valence-electron chi connectivity index (χ1n) is 12.1. The average Bonchev–Trinajstić information content (AvgIpc) is 3.24. The maximum atomic E-state index is 13.2. The van der Waals surface area contributed by atoms with E-state index in [4.69, 9.17) is 4.74 Å². The van der Waals surface area contributed by atoms with Crippen molar-refractivity contribution in [2.45, 2.75) is 53.4 Å². The van der Waals surface area contributed by atoms with Crippen LogP contribution in [0.2, 0.25) is 0 Å². The highest BCUT2D eigenvalue weighted by molar-refractivity contribution is 9.10. The Kier molecular flexibility index (Phi) is 7.18. The fourth-order valence-corrected chi connectivity index (χ4v) is 6.94. The minimum Gasteiger partial charge on any atom is -0.465 e. The summed E-state index contributed by atoms with van der Waals surface area (Å²) < 4.78 is 5.94. The van der Waals surface area contributed by atoms with E-state index in [-0.39, 0.29) is 42.0 Å². The third-order valence-electron chi connectivity index (χ3n) is 8.15. The summed E-state index contributed by atoms with van der Waals surface area (Å²) in [4.78, 5) is 54.0. The van der Waals surface area contributed by atoms with Gasteiger partial charge in [0.2, 0.25) is 17.7 Å². The van der Waals surface area contributed by atoms with E-state index in [1.165, 1.54) is 23.3 Å². The number of imide groups is 1. The number of carbonyl (C=O) groups excluding carboxylic acids is 4. The highest BCUT2D eigenvalue weighted by Gasteiger charge is 2.64. The van der Waals surface area contributed by atoms with E-state index < -0.39 is 11.4 Å². The van der Waals surface area contributed by atoms with Gasteiger partial charge in [-0.1, -0.05) is 48.8 Å². The zero-order valence-electron chi connectivity index (χ0n) is 21.2. The zero-order valence-corrected chi connectivity index (χ0v) is 23.6. The molecule has 9 heteroatoms. The smallest absolute Gasteiger partial charge is 0.341 e. The minimum absolute atomic E-state index is 0.118. The predicted molar refractivity (Wildman–Crippen MR) is 143 cm³/mol. The number of thiophene rings is 1. The Labute approximate surface area is 223 Å². The van der Waals surface area contributed by atoms with Gasteiger partial charge in [-0.3, -0.25) is 19.3 Å². The second-order valence-corrected chi connectivity index (χ2v) is 12.5. The van der Waals surface area contributed by atoms with E-state index in [1.54, 1.807) is 0 Å². The van der Waals surface area contributed by atoms with Gasteiger partial charge in [0.1, 0.15) is 10.6 Å². The minimum atomic E-state index is -0.554. The van der Waals surface area contributed by atoms with Crippen molar-refractivity contribution in [1.82, 2.24) is 4.90 Å². The number of fused-ring (bicyclic) bond motifs is 2. The topological polar surface area (TPSA) is 92.8 Å². The lowest BCUT2D eigenvalue weighted by Gasteiger charge is -2.47. The number of hydrogen-bond acceptors (Lipinski definition) is 6. The van der Waals surface area contributed by atoms with E-state index in [0.717, 1.165) is 26.9 Å². The molecule has 2 heterocycles. The number of anilines is 1. The molecule has 36 heavy (non-hydrogen) atoms. The van der Waals surface area contributed by atoms with Crippen molar-refractivity contribution >= 4 is 56.0 Å². The lowest BCUT2D eigenvalue weighted by molar-refractivity contribution is -0.168. The molecule has 2 aliphatic rings. The van der Waals surface area contributed by atoms with Crippen molar-refractivity contribution in [1.29, 1.82) is 0 Å². The molecule has 1 saturated carbocycles. The average molecular weight is 576 g/mol. The van der Waals surface area contributed by atoms with Crippen molar-refractivity contribution < 1.29 is 23.9 Å². The van der Waals surface area contributed by atoms with Crippen molar-refractivity contribution in [3.8, 4) is 11.1 Å². The van der Waals surface area contributed by atoms with Crippen molar-refractivity contribution in [2.75, 3.05) is 19.0 Å². The van der Waals surface area contributed by atoms with Crippen LogP contribution in [0.3, 0.4) is 0 Å². The second-order valence-electron chi connectivity index (χ2n) is 10.3. The number of esters is 1. The van der Waals surface area contributed by atoms with Gasteiger partial charge in [-0.25, -0.2) is 4.79 Å². The van der Waals surface area contributed by atoms with Crippen LogP contribution in [0.1, 0.15) is 61.7 Å². The highest BCUT2D eigenvalue weighted by atomic mass is 79.9. The summed E-state index contributed by atoms with van der Waals surface area (Å²) in [5, 5.41) is 3.29. The molecule has 1 saturated heterocycles. The van der Waals surface area contributed by atoms with Crippen LogP contribution in [0, 0.1) is 23.7 Å². The van der Waals surface area contributed by atoms with Gasteiger partial charge in [-0.15, -0.1) is 11.3 Å². The van der Waals surface area contributed by atoms with Gasteiger partial charge in [0.05, 0.1) is 12.5 Å². The first kappa shape index (κ1) is 26.5. The van der Waals surface area contributed by atoms with Crippen LogP contribution in [0.15, 0.2) is 28.7 Å². The molecular formula is C27H31BrN2O5S. The van der Waals surface area contributed by atoms with E-state index in [2.05, 4.69) is 21.2 Å². The Morgan fingerprint density at radius 1 is 1.19 bits per heavy atom. The molecule has 0 spiro atoms. The van der Waals surface area contributed by atoms with Gasteiger partial charge < -0.3 is 10.1 Å². The largest absolute Gasteiger partial charge is 0.465 e. The molecule has 1 N–H and O–H groups in total. The van der Waals surface area contributed by atoms with Crippen molar-refractivity contribution in [3.63, 3.8) is 0 Å². The van der Waals surface area contributed by atoms with Gasteiger partial charge in [-0.05, 0) is 49.3 Å². The van der Waals surface area contributed by atoms with Crippen LogP contribution in [-0.4, -0.2) is 42.2 Å². The summed E-state index contributed by atoms with van der Waals surface area (Å²) in [6, 6.07) is 7.59. The van der Waals surface area contributed by atoms with Crippen LogP contribution in [-0.2, 0) is 19.1 Å². The molecular weight excluding hydrogens is 544 g/mol. The number of benzene rings is 1. The number of ether oxygens (including phenoxy) is 1. The number of rotatable bonds is 7. The molecule has 192 valence electrons. The molecule has 2 bridgehead atoms. The molecule has 4 rings (SSSR count). The third-order valence-corrected chi connectivity index (χ3v) is 9.70. The number of amides is 3. The maximum Gasteiger partial charge on any atom is 0.341 e. The molecule has 2 atom stereocenters. The van der Waals surface area contributed by atoms with Gasteiger partial charge in [0, 0.05) is 33.8 Å². The predicted octanol–water partition coefficient (Wildman–Crippen LogP) is 5.80. The molecule has 0 radical (unpaired) electrons. The van der Waals surface area contributed by atoms with Crippen LogP contribution in [0.25, 0.3) is 11.1 Å². The number of methoxy groups -OCH3 is 1. The molecule has 2 aromatic rings. The number of carbonyl (C=O) groups is 4. The Bertz CT molecular complexity index is 1240. The summed E-state index contributed by atoms with van der Waals surface area (Å²) in [6.45, 7) is 8.09. The number of halogens is 1.